The normalized spacial score (nSPS) is 22.3. The molecule has 1 aromatic heterocycles. The Kier molecular flexibility index (Phi) is 3.51. The second-order valence-electron chi connectivity index (χ2n) is 5.72. The van der Waals surface area contributed by atoms with Crippen LogP contribution in [0.25, 0.3) is 10.9 Å². The van der Waals surface area contributed by atoms with Crippen molar-refractivity contribution in [1.82, 2.24) is 4.98 Å². The van der Waals surface area contributed by atoms with Crippen molar-refractivity contribution in [3.63, 3.8) is 0 Å². The molecule has 3 heteroatoms. The van der Waals surface area contributed by atoms with Gasteiger partial charge in [-0.2, -0.15) is 0 Å². The number of hydrogen-bond acceptors (Lipinski definition) is 2. The van der Waals surface area contributed by atoms with Gasteiger partial charge < -0.3 is 9.72 Å². The average molecular weight is 271 g/mol. The molecule has 2 aromatic rings. The SMILES string of the molecule is CCOc1ccc2[nH]cc(C(=O)C3CCCC3C)c2c1. The molecule has 0 radical (unpaired) electrons. The van der Waals surface area contributed by atoms with E-state index in [0.717, 1.165) is 28.6 Å². The van der Waals surface area contributed by atoms with Gasteiger partial charge in [-0.05, 0) is 43.9 Å². The second-order valence-corrected chi connectivity index (χ2v) is 5.72. The van der Waals surface area contributed by atoms with Gasteiger partial charge in [0.2, 0.25) is 0 Å². The van der Waals surface area contributed by atoms with E-state index in [1.807, 2.05) is 31.3 Å². The van der Waals surface area contributed by atoms with Crippen molar-refractivity contribution >= 4 is 16.7 Å². The molecule has 0 aliphatic heterocycles. The van der Waals surface area contributed by atoms with Gasteiger partial charge in [0.25, 0.3) is 0 Å². The van der Waals surface area contributed by atoms with Gasteiger partial charge in [-0.25, -0.2) is 0 Å². The fraction of sp³-hybridized carbons (Fsp3) is 0.471. The molecule has 1 aromatic carbocycles. The van der Waals surface area contributed by atoms with E-state index in [-0.39, 0.29) is 11.7 Å². The van der Waals surface area contributed by atoms with E-state index < -0.39 is 0 Å². The second kappa shape index (κ2) is 5.31. The van der Waals surface area contributed by atoms with Crippen molar-refractivity contribution in [2.24, 2.45) is 11.8 Å². The standard InChI is InChI=1S/C17H21NO2/c1-3-20-12-7-8-16-14(9-12)15(10-18-16)17(19)13-6-4-5-11(13)2/h7-11,13,18H,3-6H2,1-2H3. The Hall–Kier alpha value is -1.77. The molecule has 1 N–H and O–H groups in total. The molecule has 1 aliphatic rings. The first-order valence-corrected chi connectivity index (χ1v) is 7.49. The third kappa shape index (κ3) is 2.21. The summed E-state index contributed by atoms with van der Waals surface area (Å²) in [6.45, 7) is 4.79. The molecule has 1 fully saturated rings. The molecule has 3 rings (SSSR count). The highest BCUT2D eigenvalue weighted by Crippen LogP contribution is 2.35. The van der Waals surface area contributed by atoms with Crippen LogP contribution in [-0.2, 0) is 0 Å². The maximum Gasteiger partial charge on any atom is 0.168 e. The van der Waals surface area contributed by atoms with Crippen LogP contribution < -0.4 is 4.74 Å². The number of benzene rings is 1. The zero-order chi connectivity index (χ0) is 14.1. The molecule has 3 nitrogen and oxygen atoms in total. The van der Waals surface area contributed by atoms with E-state index >= 15 is 0 Å². The van der Waals surface area contributed by atoms with Crippen molar-refractivity contribution in [3.8, 4) is 5.75 Å². The predicted octanol–water partition coefficient (Wildman–Crippen LogP) is 4.19. The molecule has 0 amide bonds. The molecule has 0 saturated heterocycles. The number of H-pyrrole nitrogens is 1. The van der Waals surface area contributed by atoms with Crippen molar-refractivity contribution in [1.29, 1.82) is 0 Å². The number of rotatable bonds is 4. The number of hydrogen-bond donors (Lipinski definition) is 1. The van der Waals surface area contributed by atoms with E-state index in [2.05, 4.69) is 11.9 Å². The Morgan fingerprint density at radius 1 is 1.40 bits per heavy atom. The van der Waals surface area contributed by atoms with Crippen LogP contribution in [0.4, 0.5) is 0 Å². The lowest BCUT2D eigenvalue weighted by Gasteiger charge is -2.13. The van der Waals surface area contributed by atoms with Gasteiger partial charge in [0.1, 0.15) is 5.75 Å². The molecule has 20 heavy (non-hydrogen) atoms. The highest BCUT2D eigenvalue weighted by molar-refractivity contribution is 6.09. The quantitative estimate of drug-likeness (QED) is 0.847. The van der Waals surface area contributed by atoms with E-state index in [0.29, 0.717) is 12.5 Å². The van der Waals surface area contributed by atoms with Crippen LogP contribution >= 0.6 is 0 Å². The summed E-state index contributed by atoms with van der Waals surface area (Å²) >= 11 is 0. The fourth-order valence-electron chi connectivity index (χ4n) is 3.29. The maximum atomic E-state index is 12.7. The minimum absolute atomic E-state index is 0.185. The average Bonchev–Trinajstić information content (AvgIpc) is 3.04. The first kappa shape index (κ1) is 13.2. The van der Waals surface area contributed by atoms with Gasteiger partial charge in [-0.3, -0.25) is 4.79 Å². The van der Waals surface area contributed by atoms with Gasteiger partial charge in [0.05, 0.1) is 6.61 Å². The number of carbonyl (C=O) groups excluding carboxylic acids is 1. The predicted molar refractivity (Wildman–Crippen MR) is 80.3 cm³/mol. The topological polar surface area (TPSA) is 42.1 Å². The van der Waals surface area contributed by atoms with Crippen molar-refractivity contribution in [2.75, 3.05) is 6.61 Å². The Morgan fingerprint density at radius 3 is 2.95 bits per heavy atom. The zero-order valence-corrected chi connectivity index (χ0v) is 12.1. The van der Waals surface area contributed by atoms with Crippen LogP contribution in [0, 0.1) is 11.8 Å². The summed E-state index contributed by atoms with van der Waals surface area (Å²) in [5, 5.41) is 0.986. The monoisotopic (exact) mass is 271 g/mol. The fourth-order valence-corrected chi connectivity index (χ4v) is 3.29. The molecule has 2 unspecified atom stereocenters. The third-order valence-corrected chi connectivity index (χ3v) is 4.43. The molecule has 106 valence electrons. The Balaban J connectivity index is 1.98. The van der Waals surface area contributed by atoms with E-state index in [4.69, 9.17) is 4.74 Å². The molecule has 1 heterocycles. The largest absolute Gasteiger partial charge is 0.494 e. The Morgan fingerprint density at radius 2 is 2.25 bits per heavy atom. The van der Waals surface area contributed by atoms with Gasteiger partial charge in [0, 0.05) is 28.6 Å². The van der Waals surface area contributed by atoms with Gasteiger partial charge in [0.15, 0.2) is 5.78 Å². The first-order valence-electron chi connectivity index (χ1n) is 7.49. The molecule has 1 aliphatic carbocycles. The lowest BCUT2D eigenvalue weighted by Crippen LogP contribution is -2.16. The number of nitrogens with one attached hydrogen (secondary N) is 1. The summed E-state index contributed by atoms with van der Waals surface area (Å²) in [5.41, 5.74) is 1.82. The minimum Gasteiger partial charge on any atom is -0.494 e. The first-order chi connectivity index (χ1) is 9.70. The maximum absolute atomic E-state index is 12.7. The van der Waals surface area contributed by atoms with Crippen LogP contribution in [0.3, 0.4) is 0 Å². The lowest BCUT2D eigenvalue weighted by atomic mass is 9.89. The molecule has 0 spiro atoms. The number of carbonyl (C=O) groups is 1. The molecule has 0 bridgehead atoms. The summed E-state index contributed by atoms with van der Waals surface area (Å²) in [6, 6.07) is 5.89. The Bertz CT molecular complexity index is 629. The van der Waals surface area contributed by atoms with E-state index in [9.17, 15) is 4.79 Å². The summed E-state index contributed by atoms with van der Waals surface area (Å²) < 4.78 is 5.54. The number of aromatic nitrogens is 1. The van der Waals surface area contributed by atoms with Gasteiger partial charge in [-0.1, -0.05) is 13.3 Å². The highest BCUT2D eigenvalue weighted by atomic mass is 16.5. The smallest absolute Gasteiger partial charge is 0.168 e. The summed E-state index contributed by atoms with van der Waals surface area (Å²) in [7, 11) is 0. The van der Waals surface area contributed by atoms with Gasteiger partial charge in [-0.15, -0.1) is 0 Å². The van der Waals surface area contributed by atoms with Crippen LogP contribution in [-0.4, -0.2) is 17.4 Å². The summed E-state index contributed by atoms with van der Waals surface area (Å²) in [5.74, 6) is 1.80. The number of ketones is 1. The highest BCUT2D eigenvalue weighted by Gasteiger charge is 2.31. The number of aromatic amines is 1. The van der Waals surface area contributed by atoms with Crippen LogP contribution in [0.2, 0.25) is 0 Å². The van der Waals surface area contributed by atoms with Crippen LogP contribution in [0.5, 0.6) is 5.75 Å². The van der Waals surface area contributed by atoms with Crippen LogP contribution in [0.15, 0.2) is 24.4 Å². The molecular formula is C17H21NO2. The molecular weight excluding hydrogens is 250 g/mol. The molecule has 2 atom stereocenters. The molecule has 1 saturated carbocycles. The van der Waals surface area contributed by atoms with Gasteiger partial charge >= 0.3 is 0 Å². The van der Waals surface area contributed by atoms with Crippen molar-refractivity contribution in [3.05, 3.63) is 30.0 Å². The van der Waals surface area contributed by atoms with Crippen molar-refractivity contribution < 1.29 is 9.53 Å². The van der Waals surface area contributed by atoms with Crippen molar-refractivity contribution in [2.45, 2.75) is 33.1 Å². The van der Waals surface area contributed by atoms with Crippen LogP contribution in [0.1, 0.15) is 43.5 Å². The Labute approximate surface area is 119 Å². The summed E-state index contributed by atoms with van der Waals surface area (Å²) in [6.07, 6.45) is 5.22. The van der Waals surface area contributed by atoms with E-state index in [1.165, 1.54) is 12.8 Å². The third-order valence-electron chi connectivity index (χ3n) is 4.43. The number of Topliss-reactive ketones (excluding diaryl/α,β-unsaturated/α-hetero) is 1. The van der Waals surface area contributed by atoms with E-state index in [1.54, 1.807) is 0 Å². The number of ether oxygens (including phenoxy) is 1. The summed E-state index contributed by atoms with van der Waals surface area (Å²) in [4.78, 5) is 15.9. The minimum atomic E-state index is 0.185. The number of fused-ring (bicyclic) bond motifs is 1. The lowest BCUT2D eigenvalue weighted by molar-refractivity contribution is 0.0899. The zero-order valence-electron chi connectivity index (χ0n) is 12.1.